The van der Waals surface area contributed by atoms with Gasteiger partial charge in [-0.05, 0) is 54.2 Å². The molecule has 2 aromatic carbocycles. The van der Waals surface area contributed by atoms with Gasteiger partial charge in [-0.2, -0.15) is 0 Å². The molecule has 0 amide bonds. The van der Waals surface area contributed by atoms with Gasteiger partial charge in [-0.1, -0.05) is 24.3 Å². The van der Waals surface area contributed by atoms with E-state index in [2.05, 4.69) is 44.9 Å². The summed E-state index contributed by atoms with van der Waals surface area (Å²) in [5.41, 5.74) is 4.33. The highest BCUT2D eigenvalue weighted by atomic mass is 127. The van der Waals surface area contributed by atoms with Crippen LogP contribution in [0.5, 0.6) is 0 Å². The molecular formula is C25H32FIN4O2. The first-order valence-corrected chi connectivity index (χ1v) is 11.2. The van der Waals surface area contributed by atoms with E-state index in [1.54, 1.807) is 7.05 Å². The van der Waals surface area contributed by atoms with Gasteiger partial charge in [0, 0.05) is 50.5 Å². The minimum absolute atomic E-state index is 0. The molecule has 1 saturated heterocycles. The Morgan fingerprint density at radius 2 is 1.97 bits per heavy atom. The lowest BCUT2D eigenvalue weighted by molar-refractivity contribution is -0.0390. The summed E-state index contributed by atoms with van der Waals surface area (Å²) in [6.07, 6.45) is 4.99. The summed E-state index contributed by atoms with van der Waals surface area (Å²) < 4.78 is 24.8. The molecule has 2 heterocycles. The van der Waals surface area contributed by atoms with Gasteiger partial charge in [0.1, 0.15) is 5.82 Å². The first-order valence-electron chi connectivity index (χ1n) is 11.2. The maximum absolute atomic E-state index is 13.4. The summed E-state index contributed by atoms with van der Waals surface area (Å²) in [7, 11) is 1.77. The van der Waals surface area contributed by atoms with Crippen molar-refractivity contribution in [3.05, 3.63) is 71.2 Å². The van der Waals surface area contributed by atoms with Gasteiger partial charge in [-0.25, -0.2) is 4.39 Å². The molecule has 1 aliphatic heterocycles. The normalized spacial score (nSPS) is 14.8. The molecule has 0 unspecified atom stereocenters. The molecule has 1 fully saturated rings. The van der Waals surface area contributed by atoms with Crippen LogP contribution in [0.15, 0.2) is 53.7 Å². The Hall–Kier alpha value is -2.17. The number of aromatic nitrogens is 1. The number of aliphatic imine (C=N–C) groups is 1. The second kappa shape index (κ2) is 12.9. The highest BCUT2D eigenvalue weighted by Crippen LogP contribution is 2.19. The van der Waals surface area contributed by atoms with Crippen molar-refractivity contribution in [2.75, 3.05) is 26.8 Å². The zero-order valence-electron chi connectivity index (χ0n) is 18.9. The van der Waals surface area contributed by atoms with E-state index in [1.807, 2.05) is 12.3 Å². The fourth-order valence-electron chi connectivity index (χ4n) is 3.97. The lowest BCUT2D eigenvalue weighted by atomic mass is 10.1. The third-order valence-electron chi connectivity index (χ3n) is 5.75. The number of benzene rings is 2. The van der Waals surface area contributed by atoms with Crippen molar-refractivity contribution in [1.29, 1.82) is 0 Å². The predicted octanol–water partition coefficient (Wildman–Crippen LogP) is 4.53. The lowest BCUT2D eigenvalue weighted by Crippen LogP contribution is -2.37. The first-order chi connectivity index (χ1) is 15.7. The summed E-state index contributed by atoms with van der Waals surface area (Å²) in [5, 5.41) is 7.77. The van der Waals surface area contributed by atoms with Gasteiger partial charge in [0.25, 0.3) is 0 Å². The largest absolute Gasteiger partial charge is 0.381 e. The minimum atomic E-state index is -0.229. The molecule has 8 heteroatoms. The number of ether oxygens (including phenoxy) is 2. The average molecular weight is 566 g/mol. The molecule has 33 heavy (non-hydrogen) atoms. The van der Waals surface area contributed by atoms with E-state index in [0.717, 1.165) is 61.4 Å². The van der Waals surface area contributed by atoms with Crippen molar-refractivity contribution < 1.29 is 13.9 Å². The first kappa shape index (κ1) is 25.5. The van der Waals surface area contributed by atoms with E-state index in [1.165, 1.54) is 23.3 Å². The van der Waals surface area contributed by atoms with Crippen molar-refractivity contribution in [2.24, 2.45) is 4.99 Å². The molecule has 0 bridgehead atoms. The Labute approximate surface area is 211 Å². The van der Waals surface area contributed by atoms with Crippen molar-refractivity contribution in [2.45, 2.75) is 38.5 Å². The monoisotopic (exact) mass is 566 g/mol. The molecule has 178 valence electrons. The summed E-state index contributed by atoms with van der Waals surface area (Å²) in [6.45, 7) is 3.61. The Morgan fingerprint density at radius 1 is 1.15 bits per heavy atom. The van der Waals surface area contributed by atoms with Crippen LogP contribution in [0.3, 0.4) is 0 Å². The van der Waals surface area contributed by atoms with Crippen LogP contribution in [-0.2, 0) is 29.0 Å². The molecule has 0 saturated carbocycles. The predicted molar refractivity (Wildman–Crippen MR) is 141 cm³/mol. The van der Waals surface area contributed by atoms with E-state index in [4.69, 9.17) is 9.47 Å². The van der Waals surface area contributed by atoms with Crippen LogP contribution in [0.2, 0.25) is 0 Å². The van der Waals surface area contributed by atoms with Crippen LogP contribution < -0.4 is 10.6 Å². The number of nitrogens with zero attached hydrogens (tertiary/aromatic N) is 1. The number of rotatable bonds is 8. The fraction of sp³-hybridized carbons (Fsp3) is 0.400. The Balaban J connectivity index is 0.00000306. The molecule has 3 N–H and O–H groups in total. The summed E-state index contributed by atoms with van der Waals surface area (Å²) in [4.78, 5) is 7.45. The quantitative estimate of drug-likeness (QED) is 0.213. The van der Waals surface area contributed by atoms with Gasteiger partial charge in [0.05, 0.1) is 12.7 Å². The maximum Gasteiger partial charge on any atom is 0.191 e. The SMILES string of the molecule is CN=C(NCCc1c[nH]c2cc(F)ccc12)NCc1cccc(COC2CCOCC2)c1.I. The Bertz CT molecular complexity index is 1050. The average Bonchev–Trinajstić information content (AvgIpc) is 3.22. The molecular weight excluding hydrogens is 534 g/mol. The molecule has 4 rings (SSSR count). The lowest BCUT2D eigenvalue weighted by Gasteiger charge is -2.22. The van der Waals surface area contributed by atoms with E-state index < -0.39 is 0 Å². The number of fused-ring (bicyclic) bond motifs is 1. The summed E-state index contributed by atoms with van der Waals surface area (Å²) >= 11 is 0. The van der Waals surface area contributed by atoms with E-state index >= 15 is 0 Å². The van der Waals surface area contributed by atoms with Crippen LogP contribution in [0, 0.1) is 5.82 Å². The number of guanidine groups is 1. The third-order valence-corrected chi connectivity index (χ3v) is 5.75. The molecule has 1 aromatic heterocycles. The molecule has 0 spiro atoms. The number of nitrogens with one attached hydrogen (secondary N) is 3. The van der Waals surface area contributed by atoms with Gasteiger partial charge >= 0.3 is 0 Å². The van der Waals surface area contributed by atoms with E-state index in [-0.39, 0.29) is 29.8 Å². The highest BCUT2D eigenvalue weighted by Gasteiger charge is 2.14. The number of hydrogen-bond donors (Lipinski definition) is 3. The van der Waals surface area contributed by atoms with Gasteiger partial charge in [0.15, 0.2) is 5.96 Å². The van der Waals surface area contributed by atoms with Crippen LogP contribution in [-0.4, -0.2) is 43.9 Å². The molecule has 0 atom stereocenters. The summed E-state index contributed by atoms with van der Waals surface area (Å²) in [5.74, 6) is 0.521. The molecule has 3 aromatic rings. The van der Waals surface area contributed by atoms with Crippen molar-refractivity contribution in [3.8, 4) is 0 Å². The molecule has 0 aliphatic carbocycles. The zero-order valence-corrected chi connectivity index (χ0v) is 21.2. The molecule has 0 radical (unpaired) electrons. The second-order valence-corrected chi connectivity index (χ2v) is 8.05. The van der Waals surface area contributed by atoms with Crippen LogP contribution in [0.25, 0.3) is 10.9 Å². The van der Waals surface area contributed by atoms with Gasteiger partial charge in [0.2, 0.25) is 0 Å². The number of halogens is 2. The topological polar surface area (TPSA) is 70.7 Å². The van der Waals surface area contributed by atoms with Crippen molar-refractivity contribution >= 4 is 40.8 Å². The number of aromatic amines is 1. The van der Waals surface area contributed by atoms with E-state index in [0.29, 0.717) is 19.3 Å². The van der Waals surface area contributed by atoms with Crippen LogP contribution in [0.4, 0.5) is 4.39 Å². The highest BCUT2D eigenvalue weighted by molar-refractivity contribution is 14.0. The smallest absolute Gasteiger partial charge is 0.191 e. The van der Waals surface area contributed by atoms with Gasteiger partial charge in [-0.15, -0.1) is 24.0 Å². The van der Waals surface area contributed by atoms with Crippen LogP contribution >= 0.6 is 24.0 Å². The Kier molecular flexibility index (Phi) is 9.95. The van der Waals surface area contributed by atoms with E-state index in [9.17, 15) is 4.39 Å². The molecule has 1 aliphatic rings. The number of H-pyrrole nitrogens is 1. The fourth-order valence-corrected chi connectivity index (χ4v) is 3.97. The summed E-state index contributed by atoms with van der Waals surface area (Å²) in [6, 6.07) is 13.3. The van der Waals surface area contributed by atoms with Gasteiger partial charge in [-0.3, -0.25) is 4.99 Å². The maximum atomic E-state index is 13.4. The third kappa shape index (κ3) is 7.41. The molecule has 6 nitrogen and oxygen atoms in total. The second-order valence-electron chi connectivity index (χ2n) is 8.05. The standard InChI is InChI=1S/C25H31FN4O2.HI/c1-27-25(28-10-7-20-16-29-24-14-21(26)5-6-23(20)24)30-15-18-3-2-4-19(13-18)17-32-22-8-11-31-12-9-22;/h2-6,13-14,16,22,29H,7-12,15,17H2,1H3,(H2,27,28,30);1H. The van der Waals surface area contributed by atoms with Crippen molar-refractivity contribution in [1.82, 2.24) is 15.6 Å². The van der Waals surface area contributed by atoms with Gasteiger partial charge < -0.3 is 25.1 Å². The van der Waals surface area contributed by atoms with Crippen molar-refractivity contribution in [3.63, 3.8) is 0 Å². The van der Waals surface area contributed by atoms with Crippen LogP contribution in [0.1, 0.15) is 29.5 Å². The zero-order chi connectivity index (χ0) is 22.2. The minimum Gasteiger partial charge on any atom is -0.381 e. The number of hydrogen-bond acceptors (Lipinski definition) is 3. The Morgan fingerprint density at radius 3 is 2.79 bits per heavy atom.